The van der Waals surface area contributed by atoms with Gasteiger partial charge >= 0.3 is 7.48 Å². The van der Waals surface area contributed by atoms with Crippen molar-refractivity contribution in [2.24, 2.45) is 0 Å². The molecule has 0 amide bonds. The number of nitrogens with two attached hydrogens (primary N) is 1. The zero-order valence-electron chi connectivity index (χ0n) is 6.87. The summed E-state index contributed by atoms with van der Waals surface area (Å²) in [5, 5.41) is 0. The van der Waals surface area contributed by atoms with Gasteiger partial charge in [0.2, 0.25) is 0 Å². The van der Waals surface area contributed by atoms with Crippen molar-refractivity contribution in [1.82, 2.24) is 0 Å². The van der Waals surface area contributed by atoms with Gasteiger partial charge in [-0.1, -0.05) is 11.5 Å². The summed E-state index contributed by atoms with van der Waals surface area (Å²) in [6.07, 6.45) is 2.05. The number of benzene rings is 1. The lowest BCUT2D eigenvalue weighted by Gasteiger charge is -2.14. The molecule has 1 heterocycles. The van der Waals surface area contributed by atoms with E-state index in [1.54, 1.807) is 7.48 Å². The van der Waals surface area contributed by atoms with Crippen molar-refractivity contribution in [3.05, 3.63) is 29.2 Å². The van der Waals surface area contributed by atoms with Crippen LogP contribution in [0.2, 0.25) is 0 Å². The van der Waals surface area contributed by atoms with Crippen molar-refractivity contribution in [1.29, 1.82) is 0 Å². The van der Waals surface area contributed by atoms with Gasteiger partial charge < -0.3 is 10.4 Å². The van der Waals surface area contributed by atoms with Crippen molar-refractivity contribution < 1.29 is 4.65 Å². The van der Waals surface area contributed by atoms with Gasteiger partial charge in [-0.15, -0.1) is 0 Å². The van der Waals surface area contributed by atoms with Crippen molar-refractivity contribution >= 4 is 19.2 Å². The summed E-state index contributed by atoms with van der Waals surface area (Å²) in [7, 11) is 1.73. The van der Waals surface area contributed by atoms with Gasteiger partial charge in [-0.2, -0.15) is 0 Å². The van der Waals surface area contributed by atoms with Crippen LogP contribution in [0.5, 0.6) is 5.75 Å². The molecule has 0 saturated heterocycles. The Balaban J connectivity index is 2.53. The molecule has 59 valence electrons. The van der Waals surface area contributed by atoms with E-state index in [1.807, 2.05) is 25.1 Å². The molecule has 12 heavy (non-hydrogen) atoms. The van der Waals surface area contributed by atoms with Gasteiger partial charge in [0.15, 0.2) is 0 Å². The molecule has 1 radical (unpaired) electrons. The standard InChI is InChI=1S/C9H9BNO/c1-6-4-7-5-8(11)2-3-9(7)12-10-6/h2-5H,11H2,1H3. The van der Waals surface area contributed by atoms with Crippen LogP contribution in [0.25, 0.3) is 6.08 Å². The minimum Gasteiger partial charge on any atom is -0.558 e. The van der Waals surface area contributed by atoms with Gasteiger partial charge in [0.05, 0.1) is 0 Å². The lowest BCUT2D eigenvalue weighted by atomic mass is 9.84. The van der Waals surface area contributed by atoms with Crippen LogP contribution in [0, 0.1) is 0 Å². The van der Waals surface area contributed by atoms with E-state index in [-0.39, 0.29) is 0 Å². The number of fused-ring (bicyclic) bond motifs is 1. The summed E-state index contributed by atoms with van der Waals surface area (Å²) in [4.78, 5) is 0. The van der Waals surface area contributed by atoms with Gasteiger partial charge in [0, 0.05) is 11.3 Å². The second-order valence-corrected chi connectivity index (χ2v) is 2.92. The molecule has 0 atom stereocenters. The van der Waals surface area contributed by atoms with E-state index in [0.29, 0.717) is 0 Å². The Morgan fingerprint density at radius 1 is 1.42 bits per heavy atom. The molecule has 0 fully saturated rings. The summed E-state index contributed by atoms with van der Waals surface area (Å²) in [6, 6.07) is 5.62. The van der Waals surface area contributed by atoms with E-state index in [2.05, 4.69) is 6.08 Å². The molecule has 2 nitrogen and oxygen atoms in total. The van der Waals surface area contributed by atoms with E-state index < -0.39 is 0 Å². The Labute approximate surface area is 72.3 Å². The van der Waals surface area contributed by atoms with Gasteiger partial charge in [0.1, 0.15) is 5.75 Å². The monoisotopic (exact) mass is 158 g/mol. The fourth-order valence-corrected chi connectivity index (χ4v) is 1.22. The quantitative estimate of drug-likeness (QED) is 0.460. The van der Waals surface area contributed by atoms with Crippen LogP contribution in [-0.2, 0) is 0 Å². The minimum absolute atomic E-state index is 0.767. The lowest BCUT2D eigenvalue weighted by molar-refractivity contribution is 0.596. The number of rotatable bonds is 0. The third kappa shape index (κ3) is 1.18. The fourth-order valence-electron chi connectivity index (χ4n) is 1.22. The normalized spacial score (nSPS) is 13.9. The minimum atomic E-state index is 0.767. The maximum atomic E-state index is 5.63. The summed E-state index contributed by atoms with van der Waals surface area (Å²) in [5.74, 6) is 0.870. The Morgan fingerprint density at radius 2 is 2.25 bits per heavy atom. The highest BCUT2D eigenvalue weighted by Crippen LogP contribution is 2.26. The maximum Gasteiger partial charge on any atom is 0.404 e. The SMILES string of the molecule is CC1=Cc2cc(N)ccc2O[B]1. The first-order valence-corrected chi connectivity index (χ1v) is 3.83. The van der Waals surface area contributed by atoms with E-state index in [0.717, 1.165) is 22.5 Å². The third-order valence-corrected chi connectivity index (χ3v) is 1.79. The first kappa shape index (κ1) is 7.28. The van der Waals surface area contributed by atoms with Crippen LogP contribution < -0.4 is 10.4 Å². The number of nitrogen functional groups attached to an aromatic ring is 1. The van der Waals surface area contributed by atoms with Gasteiger partial charge in [-0.25, -0.2) is 0 Å². The zero-order valence-corrected chi connectivity index (χ0v) is 6.87. The van der Waals surface area contributed by atoms with Crippen molar-refractivity contribution in [3.8, 4) is 5.75 Å². The second-order valence-electron chi connectivity index (χ2n) is 2.92. The van der Waals surface area contributed by atoms with E-state index in [1.165, 1.54) is 0 Å². The molecule has 0 saturated carbocycles. The average molecular weight is 158 g/mol. The lowest BCUT2D eigenvalue weighted by Crippen LogP contribution is -2.09. The first-order chi connectivity index (χ1) is 5.75. The molecule has 1 aromatic carbocycles. The molecule has 1 aromatic rings. The third-order valence-electron chi connectivity index (χ3n) is 1.79. The molecule has 0 bridgehead atoms. The summed E-state index contributed by atoms with van der Waals surface area (Å²) >= 11 is 0. The van der Waals surface area contributed by atoms with Gasteiger partial charge in [-0.05, 0) is 25.1 Å². The van der Waals surface area contributed by atoms with Gasteiger partial charge in [-0.3, -0.25) is 0 Å². The van der Waals surface area contributed by atoms with Gasteiger partial charge in [0.25, 0.3) is 0 Å². The maximum absolute atomic E-state index is 5.63. The molecule has 2 N–H and O–H groups in total. The number of allylic oxidation sites excluding steroid dienone is 1. The smallest absolute Gasteiger partial charge is 0.404 e. The molecule has 1 aliphatic heterocycles. The highest BCUT2D eigenvalue weighted by Gasteiger charge is 2.09. The molecule has 0 aliphatic carbocycles. The van der Waals surface area contributed by atoms with Crippen LogP contribution in [-0.4, -0.2) is 7.48 Å². The number of hydrogen-bond donors (Lipinski definition) is 1. The van der Waals surface area contributed by atoms with Crippen LogP contribution in [0.1, 0.15) is 12.5 Å². The Kier molecular flexibility index (Phi) is 1.57. The van der Waals surface area contributed by atoms with Crippen LogP contribution in [0.3, 0.4) is 0 Å². The van der Waals surface area contributed by atoms with Crippen molar-refractivity contribution in [2.75, 3.05) is 5.73 Å². The van der Waals surface area contributed by atoms with Crippen LogP contribution in [0.15, 0.2) is 23.7 Å². The second kappa shape index (κ2) is 2.59. The highest BCUT2D eigenvalue weighted by atomic mass is 16.4. The highest BCUT2D eigenvalue weighted by molar-refractivity contribution is 6.41. The molecule has 0 spiro atoms. The molecule has 3 heteroatoms. The van der Waals surface area contributed by atoms with Crippen molar-refractivity contribution in [3.63, 3.8) is 0 Å². The average Bonchev–Trinajstić information content (AvgIpc) is 2.03. The Hall–Kier alpha value is -1.38. The summed E-state index contributed by atoms with van der Waals surface area (Å²) in [5.41, 5.74) is 8.55. The van der Waals surface area contributed by atoms with Crippen LogP contribution in [0.4, 0.5) is 5.69 Å². The Bertz CT molecular complexity index is 346. The Morgan fingerprint density at radius 3 is 3.08 bits per heavy atom. The zero-order chi connectivity index (χ0) is 8.55. The topological polar surface area (TPSA) is 35.2 Å². The predicted octanol–water partition coefficient (Wildman–Crippen LogP) is 1.64. The molecular formula is C9H9BNO. The first-order valence-electron chi connectivity index (χ1n) is 3.83. The van der Waals surface area contributed by atoms with Crippen molar-refractivity contribution in [2.45, 2.75) is 6.92 Å². The predicted molar refractivity (Wildman–Crippen MR) is 50.9 cm³/mol. The summed E-state index contributed by atoms with van der Waals surface area (Å²) < 4.78 is 5.34. The molecule has 2 rings (SSSR count). The number of anilines is 1. The summed E-state index contributed by atoms with van der Waals surface area (Å²) in [6.45, 7) is 1.99. The molecular weight excluding hydrogens is 149 g/mol. The van der Waals surface area contributed by atoms with E-state index in [4.69, 9.17) is 10.4 Å². The largest absolute Gasteiger partial charge is 0.558 e. The molecule has 1 aliphatic rings. The molecule has 0 unspecified atom stereocenters. The fraction of sp³-hybridized carbons (Fsp3) is 0.111. The van der Waals surface area contributed by atoms with E-state index >= 15 is 0 Å². The molecule has 0 aromatic heterocycles. The van der Waals surface area contributed by atoms with E-state index in [9.17, 15) is 0 Å². The number of hydrogen-bond acceptors (Lipinski definition) is 2. The van der Waals surface area contributed by atoms with Crippen LogP contribution >= 0.6 is 0 Å².